The SMILES string of the molecule is COc1ccc(C)cc1S(=O)(=O)N1CCNCC1c1cccc(F)c1. The molecule has 25 heavy (non-hydrogen) atoms. The number of rotatable bonds is 4. The van der Waals surface area contributed by atoms with Crippen molar-refractivity contribution in [1.82, 2.24) is 9.62 Å². The molecule has 2 aromatic rings. The molecule has 0 saturated carbocycles. The normalized spacial score (nSPS) is 18.9. The fourth-order valence-electron chi connectivity index (χ4n) is 3.08. The highest BCUT2D eigenvalue weighted by molar-refractivity contribution is 7.89. The number of methoxy groups -OCH3 is 1. The smallest absolute Gasteiger partial charge is 0.247 e. The molecule has 0 amide bonds. The summed E-state index contributed by atoms with van der Waals surface area (Å²) < 4.78 is 46.9. The first kappa shape index (κ1) is 17.8. The lowest BCUT2D eigenvalue weighted by Crippen LogP contribution is -2.48. The topological polar surface area (TPSA) is 58.6 Å². The summed E-state index contributed by atoms with van der Waals surface area (Å²) in [6, 6.07) is 10.7. The Hall–Kier alpha value is -1.96. The van der Waals surface area contributed by atoms with Crippen molar-refractivity contribution in [3.63, 3.8) is 0 Å². The summed E-state index contributed by atoms with van der Waals surface area (Å²) in [6.07, 6.45) is 0. The van der Waals surface area contributed by atoms with Gasteiger partial charge in [0.25, 0.3) is 0 Å². The summed E-state index contributed by atoms with van der Waals surface area (Å²) in [5.41, 5.74) is 1.46. The number of aryl methyl sites for hydroxylation is 1. The van der Waals surface area contributed by atoms with Crippen LogP contribution >= 0.6 is 0 Å². The summed E-state index contributed by atoms with van der Waals surface area (Å²) in [6.45, 7) is 3.11. The van der Waals surface area contributed by atoms with Crippen LogP contribution < -0.4 is 10.1 Å². The largest absolute Gasteiger partial charge is 0.495 e. The van der Waals surface area contributed by atoms with E-state index in [0.717, 1.165) is 5.56 Å². The van der Waals surface area contributed by atoms with Crippen molar-refractivity contribution >= 4 is 10.0 Å². The minimum atomic E-state index is -3.79. The first-order valence-electron chi connectivity index (χ1n) is 8.06. The molecule has 1 aliphatic rings. The Bertz CT molecular complexity index is 870. The maximum absolute atomic E-state index is 13.6. The molecule has 1 unspecified atom stereocenters. The minimum absolute atomic E-state index is 0.137. The third-order valence-electron chi connectivity index (χ3n) is 4.33. The lowest BCUT2D eigenvalue weighted by Gasteiger charge is -2.35. The Kier molecular flexibility index (Phi) is 5.08. The van der Waals surface area contributed by atoms with E-state index in [1.54, 1.807) is 30.3 Å². The highest BCUT2D eigenvalue weighted by Gasteiger charge is 2.36. The Morgan fingerprint density at radius 3 is 2.76 bits per heavy atom. The van der Waals surface area contributed by atoms with Crippen LogP contribution in [0.25, 0.3) is 0 Å². The third-order valence-corrected chi connectivity index (χ3v) is 6.26. The summed E-state index contributed by atoms with van der Waals surface area (Å²) in [5, 5.41) is 3.19. The van der Waals surface area contributed by atoms with Gasteiger partial charge in [0.1, 0.15) is 16.5 Å². The van der Waals surface area contributed by atoms with Crippen molar-refractivity contribution in [2.24, 2.45) is 0 Å². The maximum atomic E-state index is 13.6. The molecule has 3 rings (SSSR count). The quantitative estimate of drug-likeness (QED) is 0.906. The second kappa shape index (κ2) is 7.11. The number of piperazine rings is 1. The van der Waals surface area contributed by atoms with Gasteiger partial charge >= 0.3 is 0 Å². The second-order valence-corrected chi connectivity index (χ2v) is 7.90. The van der Waals surface area contributed by atoms with Crippen LogP contribution in [-0.2, 0) is 10.0 Å². The number of hydrogen-bond donors (Lipinski definition) is 1. The molecule has 1 N–H and O–H groups in total. The van der Waals surface area contributed by atoms with Gasteiger partial charge in [0.15, 0.2) is 0 Å². The van der Waals surface area contributed by atoms with Crippen LogP contribution in [0.1, 0.15) is 17.2 Å². The highest BCUT2D eigenvalue weighted by Crippen LogP contribution is 2.33. The molecule has 0 radical (unpaired) electrons. The van der Waals surface area contributed by atoms with E-state index in [4.69, 9.17) is 4.74 Å². The second-order valence-electron chi connectivity index (χ2n) is 6.04. The molecule has 1 aliphatic heterocycles. The number of ether oxygens (including phenoxy) is 1. The summed E-state index contributed by atoms with van der Waals surface area (Å²) in [4.78, 5) is 0.137. The number of sulfonamides is 1. The molecule has 1 saturated heterocycles. The zero-order chi connectivity index (χ0) is 18.0. The zero-order valence-corrected chi connectivity index (χ0v) is 15.0. The van der Waals surface area contributed by atoms with Gasteiger partial charge in [0, 0.05) is 19.6 Å². The van der Waals surface area contributed by atoms with Gasteiger partial charge in [-0.1, -0.05) is 18.2 Å². The number of halogens is 1. The van der Waals surface area contributed by atoms with Crippen molar-refractivity contribution < 1.29 is 17.5 Å². The summed E-state index contributed by atoms with van der Waals surface area (Å²) >= 11 is 0. The zero-order valence-electron chi connectivity index (χ0n) is 14.2. The predicted molar refractivity (Wildman–Crippen MR) is 93.6 cm³/mol. The van der Waals surface area contributed by atoms with Crippen LogP contribution in [-0.4, -0.2) is 39.5 Å². The molecule has 134 valence electrons. The monoisotopic (exact) mass is 364 g/mol. The van der Waals surface area contributed by atoms with E-state index in [9.17, 15) is 12.8 Å². The molecule has 0 spiro atoms. The molecule has 1 atom stereocenters. The summed E-state index contributed by atoms with van der Waals surface area (Å²) in [5.74, 6) is -0.0734. The van der Waals surface area contributed by atoms with Gasteiger partial charge < -0.3 is 10.1 Å². The van der Waals surface area contributed by atoms with Crippen LogP contribution in [0.3, 0.4) is 0 Å². The lowest BCUT2D eigenvalue weighted by atomic mass is 10.1. The molecule has 0 bridgehead atoms. The molecule has 5 nitrogen and oxygen atoms in total. The van der Waals surface area contributed by atoms with Crippen LogP contribution in [0.15, 0.2) is 47.4 Å². The molecular weight excluding hydrogens is 343 g/mol. The molecule has 1 fully saturated rings. The summed E-state index contributed by atoms with van der Waals surface area (Å²) in [7, 11) is -2.34. The predicted octanol–water partition coefficient (Wildman–Crippen LogP) is 2.48. The van der Waals surface area contributed by atoms with E-state index in [1.807, 2.05) is 6.92 Å². The third kappa shape index (κ3) is 3.53. The first-order chi connectivity index (χ1) is 11.9. The van der Waals surface area contributed by atoms with Gasteiger partial charge in [-0.3, -0.25) is 0 Å². The standard InChI is InChI=1S/C18H21FN2O3S/c1-13-6-7-17(24-2)18(10-13)25(22,23)21-9-8-20-12-16(21)14-4-3-5-15(19)11-14/h3-7,10-11,16,20H,8-9,12H2,1-2H3. The van der Waals surface area contributed by atoms with E-state index in [2.05, 4.69) is 5.32 Å². The van der Waals surface area contributed by atoms with Gasteiger partial charge in [-0.05, 0) is 42.3 Å². The van der Waals surface area contributed by atoms with Gasteiger partial charge in [-0.15, -0.1) is 0 Å². The van der Waals surface area contributed by atoms with E-state index in [-0.39, 0.29) is 10.7 Å². The molecule has 0 aromatic heterocycles. The van der Waals surface area contributed by atoms with E-state index >= 15 is 0 Å². The van der Waals surface area contributed by atoms with E-state index < -0.39 is 16.1 Å². The molecular formula is C18H21FN2O3S. The first-order valence-corrected chi connectivity index (χ1v) is 9.50. The molecule has 0 aliphatic carbocycles. The van der Waals surface area contributed by atoms with Crippen LogP contribution in [0.4, 0.5) is 4.39 Å². The lowest BCUT2D eigenvalue weighted by molar-refractivity contribution is 0.270. The van der Waals surface area contributed by atoms with Gasteiger partial charge in [0.05, 0.1) is 13.2 Å². The number of benzene rings is 2. The van der Waals surface area contributed by atoms with Gasteiger partial charge in [0.2, 0.25) is 10.0 Å². The Morgan fingerprint density at radius 1 is 1.24 bits per heavy atom. The Balaban J connectivity index is 2.06. The van der Waals surface area contributed by atoms with Crippen molar-refractivity contribution in [2.75, 3.05) is 26.7 Å². The van der Waals surface area contributed by atoms with E-state index in [1.165, 1.54) is 23.5 Å². The fourth-order valence-corrected chi connectivity index (χ4v) is 4.94. The highest BCUT2D eigenvalue weighted by atomic mass is 32.2. The molecule has 7 heteroatoms. The molecule has 1 heterocycles. The van der Waals surface area contributed by atoms with Crippen LogP contribution in [0, 0.1) is 12.7 Å². The van der Waals surface area contributed by atoms with Crippen molar-refractivity contribution in [2.45, 2.75) is 17.9 Å². The van der Waals surface area contributed by atoms with Gasteiger partial charge in [-0.2, -0.15) is 4.31 Å². The average molecular weight is 364 g/mol. The van der Waals surface area contributed by atoms with Gasteiger partial charge in [-0.25, -0.2) is 12.8 Å². The van der Waals surface area contributed by atoms with Crippen molar-refractivity contribution in [3.8, 4) is 5.75 Å². The number of hydrogen-bond acceptors (Lipinski definition) is 4. The number of nitrogens with zero attached hydrogens (tertiary/aromatic N) is 1. The average Bonchev–Trinajstić information content (AvgIpc) is 2.61. The molecule has 2 aromatic carbocycles. The van der Waals surface area contributed by atoms with E-state index in [0.29, 0.717) is 30.9 Å². The Labute approximate surface area is 147 Å². The Morgan fingerprint density at radius 2 is 2.04 bits per heavy atom. The van der Waals surface area contributed by atoms with Crippen LogP contribution in [0.2, 0.25) is 0 Å². The van der Waals surface area contributed by atoms with Crippen molar-refractivity contribution in [1.29, 1.82) is 0 Å². The fraction of sp³-hybridized carbons (Fsp3) is 0.333. The maximum Gasteiger partial charge on any atom is 0.247 e. The van der Waals surface area contributed by atoms with Crippen LogP contribution in [0.5, 0.6) is 5.75 Å². The van der Waals surface area contributed by atoms with Crippen molar-refractivity contribution in [3.05, 3.63) is 59.4 Å². The minimum Gasteiger partial charge on any atom is -0.495 e. The number of nitrogens with one attached hydrogen (secondary N) is 1.